The molecule has 1 aromatic heterocycles. The number of carbonyl (C=O) groups excluding carboxylic acids is 2. The molecular weight excluding hydrogens is 583 g/mol. The summed E-state index contributed by atoms with van der Waals surface area (Å²) in [6.07, 6.45) is 0.644. The number of hydrogen-bond donors (Lipinski definition) is 2. The summed E-state index contributed by atoms with van der Waals surface area (Å²) in [7, 11) is 0. The molecular formula is C29H26ClFN6O2S2. The predicted molar refractivity (Wildman–Crippen MR) is 159 cm³/mol. The molecule has 1 unspecified atom stereocenters. The number of aryl methyl sites for hydroxylation is 1. The van der Waals surface area contributed by atoms with Gasteiger partial charge >= 0.3 is 0 Å². The van der Waals surface area contributed by atoms with Gasteiger partial charge in [-0.2, -0.15) is 5.26 Å². The molecule has 2 heterocycles. The maximum absolute atomic E-state index is 15.2. The zero-order valence-corrected chi connectivity index (χ0v) is 24.9. The Labute approximate surface area is 250 Å². The van der Waals surface area contributed by atoms with E-state index in [9.17, 15) is 14.9 Å². The minimum Gasteiger partial charge on any atom is -0.384 e. The van der Waals surface area contributed by atoms with Crippen molar-refractivity contribution in [3.8, 4) is 6.07 Å². The van der Waals surface area contributed by atoms with Crippen molar-refractivity contribution in [3.05, 3.63) is 87.1 Å². The third-order valence-electron chi connectivity index (χ3n) is 6.92. The van der Waals surface area contributed by atoms with Crippen LogP contribution in [-0.4, -0.2) is 27.6 Å². The number of amides is 1. The molecule has 0 saturated carbocycles. The van der Waals surface area contributed by atoms with Crippen LogP contribution in [0.15, 0.2) is 69.5 Å². The standard InChI is InChI=1S/C29H26ClFN6O2S2/c1-15-7-9-16(10-8-15)34-22(39)14-40-28-36-35-27(41-28)37-20-11-29(2,3)12-21(38)25(20)23(17(13-32)26(37)33)24-18(30)5-4-6-19(24)31/h4-10,23H,11-12,14,33H2,1-3H3,(H,34,39). The van der Waals surface area contributed by atoms with Gasteiger partial charge in [-0.1, -0.05) is 72.3 Å². The van der Waals surface area contributed by atoms with E-state index in [0.29, 0.717) is 27.3 Å². The summed E-state index contributed by atoms with van der Waals surface area (Å²) < 4.78 is 15.7. The van der Waals surface area contributed by atoms with Crippen molar-refractivity contribution >= 4 is 57.2 Å². The van der Waals surface area contributed by atoms with Crippen LogP contribution in [0.4, 0.5) is 15.2 Å². The number of nitrogens with one attached hydrogen (secondary N) is 1. The average Bonchev–Trinajstić information content (AvgIpc) is 3.36. The molecule has 0 saturated heterocycles. The average molecular weight is 609 g/mol. The fourth-order valence-electron chi connectivity index (χ4n) is 5.11. The molecule has 0 spiro atoms. The number of allylic oxidation sites excluding steroid dienone is 3. The lowest BCUT2D eigenvalue weighted by Gasteiger charge is -2.42. The molecule has 3 aromatic rings. The zero-order chi connectivity index (χ0) is 29.5. The molecule has 8 nitrogen and oxygen atoms in total. The first-order valence-electron chi connectivity index (χ1n) is 12.7. The summed E-state index contributed by atoms with van der Waals surface area (Å²) in [6.45, 7) is 5.90. The van der Waals surface area contributed by atoms with Crippen LogP contribution >= 0.6 is 34.7 Å². The van der Waals surface area contributed by atoms with Gasteiger partial charge in [0.15, 0.2) is 10.1 Å². The van der Waals surface area contributed by atoms with E-state index in [1.54, 1.807) is 4.90 Å². The van der Waals surface area contributed by atoms with E-state index in [4.69, 9.17) is 17.3 Å². The van der Waals surface area contributed by atoms with Gasteiger partial charge in [0, 0.05) is 34.0 Å². The number of nitrogens with zero attached hydrogens (tertiary/aromatic N) is 4. The molecule has 1 amide bonds. The van der Waals surface area contributed by atoms with Crippen molar-refractivity contribution in [1.29, 1.82) is 5.26 Å². The second kappa shape index (κ2) is 11.3. The molecule has 1 aliphatic heterocycles. The third-order valence-corrected chi connectivity index (χ3v) is 9.29. The van der Waals surface area contributed by atoms with Crippen LogP contribution in [-0.2, 0) is 9.59 Å². The monoisotopic (exact) mass is 608 g/mol. The number of anilines is 2. The SMILES string of the molecule is Cc1ccc(NC(=O)CSc2nnc(N3C(N)=C(C#N)C(c4c(F)cccc4Cl)C4=C3CC(C)(C)CC4=O)s2)cc1. The van der Waals surface area contributed by atoms with Gasteiger partial charge in [0.2, 0.25) is 11.0 Å². The van der Waals surface area contributed by atoms with Crippen LogP contribution in [0.3, 0.4) is 0 Å². The zero-order valence-electron chi connectivity index (χ0n) is 22.5. The Balaban J connectivity index is 1.49. The van der Waals surface area contributed by atoms with E-state index in [2.05, 4.69) is 21.6 Å². The lowest BCUT2D eigenvalue weighted by molar-refractivity contribution is -0.118. The summed E-state index contributed by atoms with van der Waals surface area (Å²) >= 11 is 8.82. The first-order valence-corrected chi connectivity index (χ1v) is 14.9. The van der Waals surface area contributed by atoms with E-state index in [1.807, 2.05) is 45.0 Å². The van der Waals surface area contributed by atoms with Gasteiger partial charge in [-0.25, -0.2) is 4.39 Å². The maximum atomic E-state index is 15.2. The summed E-state index contributed by atoms with van der Waals surface area (Å²) in [5.74, 6) is -1.95. The van der Waals surface area contributed by atoms with E-state index in [-0.39, 0.29) is 51.4 Å². The fourth-order valence-corrected chi connectivity index (χ4v) is 7.07. The van der Waals surface area contributed by atoms with Crippen molar-refractivity contribution in [2.45, 2.75) is 43.9 Å². The molecule has 12 heteroatoms. The van der Waals surface area contributed by atoms with Gasteiger partial charge in [-0.05, 0) is 43.0 Å². The van der Waals surface area contributed by atoms with Crippen LogP contribution in [0.5, 0.6) is 0 Å². The Morgan fingerprint density at radius 1 is 1.27 bits per heavy atom. The van der Waals surface area contributed by atoms with Gasteiger partial charge < -0.3 is 11.1 Å². The summed E-state index contributed by atoms with van der Waals surface area (Å²) in [5.41, 5.74) is 8.84. The molecule has 0 fully saturated rings. The van der Waals surface area contributed by atoms with Crippen LogP contribution in [0.25, 0.3) is 0 Å². The molecule has 2 aromatic carbocycles. The molecule has 0 radical (unpaired) electrons. The van der Waals surface area contributed by atoms with Crippen LogP contribution in [0.2, 0.25) is 5.02 Å². The van der Waals surface area contributed by atoms with E-state index in [1.165, 1.54) is 41.3 Å². The number of ketones is 1. The normalized spacial score (nSPS) is 18.3. The summed E-state index contributed by atoms with van der Waals surface area (Å²) in [4.78, 5) is 27.7. The topological polar surface area (TPSA) is 125 Å². The van der Waals surface area contributed by atoms with Crippen molar-refractivity contribution in [3.63, 3.8) is 0 Å². The second-order valence-corrected chi connectivity index (χ2v) is 13.3. The maximum Gasteiger partial charge on any atom is 0.234 e. The number of Topliss-reactive ketones (excluding diaryl/α,β-unsaturated/α-hetero) is 1. The number of nitriles is 1. The molecule has 0 bridgehead atoms. The third kappa shape index (κ3) is 5.73. The van der Waals surface area contributed by atoms with Gasteiger partial charge in [0.05, 0.1) is 23.3 Å². The minimum absolute atomic E-state index is 0.00526. The van der Waals surface area contributed by atoms with E-state index < -0.39 is 17.2 Å². The molecule has 3 N–H and O–H groups in total. The molecule has 41 heavy (non-hydrogen) atoms. The van der Waals surface area contributed by atoms with Gasteiger partial charge in [-0.15, -0.1) is 10.2 Å². The summed E-state index contributed by atoms with van der Waals surface area (Å²) in [5, 5.41) is 22.0. The molecule has 2 aliphatic rings. The molecule has 1 aliphatic carbocycles. The van der Waals surface area contributed by atoms with Gasteiger partial charge in [0.25, 0.3) is 0 Å². The lowest BCUT2D eigenvalue weighted by atomic mass is 9.68. The largest absolute Gasteiger partial charge is 0.384 e. The Morgan fingerprint density at radius 2 is 2.00 bits per heavy atom. The first-order chi connectivity index (χ1) is 19.5. The smallest absolute Gasteiger partial charge is 0.234 e. The predicted octanol–water partition coefficient (Wildman–Crippen LogP) is 6.31. The fraction of sp³-hybridized carbons (Fsp3) is 0.276. The molecule has 5 rings (SSSR count). The quantitative estimate of drug-likeness (QED) is 0.312. The van der Waals surface area contributed by atoms with Crippen LogP contribution in [0.1, 0.15) is 43.7 Å². The Hall–Kier alpha value is -3.72. The number of benzene rings is 2. The van der Waals surface area contributed by atoms with Crippen molar-refractivity contribution in [1.82, 2.24) is 10.2 Å². The highest BCUT2D eigenvalue weighted by atomic mass is 35.5. The number of hydrogen-bond acceptors (Lipinski definition) is 9. The number of aromatic nitrogens is 2. The highest BCUT2D eigenvalue weighted by molar-refractivity contribution is 8.01. The second-order valence-electron chi connectivity index (χ2n) is 10.7. The lowest BCUT2D eigenvalue weighted by Crippen LogP contribution is -2.42. The van der Waals surface area contributed by atoms with Crippen LogP contribution < -0.4 is 16.0 Å². The van der Waals surface area contributed by atoms with Crippen molar-refractivity contribution in [2.75, 3.05) is 16.0 Å². The first kappa shape index (κ1) is 28.8. The highest BCUT2D eigenvalue weighted by Gasteiger charge is 2.46. The van der Waals surface area contributed by atoms with Gasteiger partial charge in [-0.3, -0.25) is 14.5 Å². The number of rotatable bonds is 6. The van der Waals surface area contributed by atoms with Crippen molar-refractivity contribution in [2.24, 2.45) is 11.1 Å². The van der Waals surface area contributed by atoms with Gasteiger partial charge in [0.1, 0.15) is 11.6 Å². The number of thioether (sulfide) groups is 1. The number of halogens is 2. The highest BCUT2D eigenvalue weighted by Crippen LogP contribution is 2.52. The van der Waals surface area contributed by atoms with E-state index in [0.717, 1.165) is 5.56 Å². The van der Waals surface area contributed by atoms with Crippen molar-refractivity contribution < 1.29 is 14.0 Å². The number of nitrogens with two attached hydrogens (primary N) is 1. The van der Waals surface area contributed by atoms with Crippen LogP contribution in [0, 0.1) is 29.5 Å². The van der Waals surface area contributed by atoms with E-state index >= 15 is 4.39 Å². The number of carbonyl (C=O) groups is 2. The Bertz CT molecular complexity index is 1640. The molecule has 1 atom stereocenters. The Morgan fingerprint density at radius 3 is 2.68 bits per heavy atom. The molecule has 210 valence electrons. The Kier molecular flexibility index (Phi) is 7.92. The summed E-state index contributed by atoms with van der Waals surface area (Å²) in [6, 6.07) is 13.8. The minimum atomic E-state index is -1.05.